The average Bonchev–Trinajstić information content (AvgIpc) is 3.48. The number of rotatable bonds is 3. The Kier molecular flexibility index (Phi) is 3.75. The highest BCUT2D eigenvalue weighted by molar-refractivity contribution is 6.33. The molecule has 3 aliphatic carbocycles. The van der Waals surface area contributed by atoms with Gasteiger partial charge < -0.3 is 0 Å². The molecule has 4 nitrogen and oxygen atoms in total. The molecule has 1 saturated heterocycles. The number of likely N-dealkylation sites (N-methyl/N-ethyl adjacent to an activating group) is 1. The van der Waals surface area contributed by atoms with Crippen molar-refractivity contribution in [3.8, 4) is 0 Å². The van der Waals surface area contributed by atoms with Crippen molar-refractivity contribution < 1.29 is 14.4 Å². The second-order valence-electron chi connectivity index (χ2n) is 8.03. The summed E-state index contributed by atoms with van der Waals surface area (Å²) in [5.74, 6) is -1.43. The van der Waals surface area contributed by atoms with E-state index in [1.54, 1.807) is 24.3 Å². The van der Waals surface area contributed by atoms with Gasteiger partial charge in [0.1, 0.15) is 5.78 Å². The molecule has 0 saturated carbocycles. The van der Waals surface area contributed by atoms with Crippen LogP contribution in [0.4, 0.5) is 0 Å². The van der Waals surface area contributed by atoms with Gasteiger partial charge in [-0.25, -0.2) is 0 Å². The van der Waals surface area contributed by atoms with Gasteiger partial charge in [0.25, 0.3) is 0 Å². The molecule has 1 aliphatic heterocycles. The lowest BCUT2D eigenvalue weighted by Crippen LogP contribution is -2.57. The smallest absolute Gasteiger partial charge is 0.192 e. The molecule has 5 rings (SSSR count). The van der Waals surface area contributed by atoms with E-state index in [1.807, 2.05) is 60.6 Å². The number of benzene rings is 1. The van der Waals surface area contributed by atoms with Crippen molar-refractivity contribution in [3.63, 3.8) is 0 Å². The lowest BCUT2D eigenvalue weighted by atomic mass is 9.67. The maximum Gasteiger partial charge on any atom is 0.192 e. The van der Waals surface area contributed by atoms with Crippen LogP contribution in [0.1, 0.15) is 20.7 Å². The normalized spacial score (nSPS) is 28.3. The molecule has 0 amide bonds. The maximum atomic E-state index is 13.6. The Balaban J connectivity index is 1.66. The van der Waals surface area contributed by atoms with Gasteiger partial charge in [-0.2, -0.15) is 0 Å². The van der Waals surface area contributed by atoms with Crippen molar-refractivity contribution in [2.75, 3.05) is 13.6 Å². The predicted octanol–water partition coefficient (Wildman–Crippen LogP) is 3.04. The fourth-order valence-corrected chi connectivity index (χ4v) is 5.51. The van der Waals surface area contributed by atoms with Crippen LogP contribution in [0.3, 0.4) is 0 Å². The van der Waals surface area contributed by atoms with Gasteiger partial charge in [-0.3, -0.25) is 19.3 Å². The Bertz CT molecular complexity index is 953. The van der Waals surface area contributed by atoms with E-state index in [1.165, 1.54) is 0 Å². The minimum Gasteiger partial charge on any atom is -0.298 e. The Labute approximate surface area is 163 Å². The van der Waals surface area contributed by atoms with E-state index in [4.69, 9.17) is 0 Å². The number of hydrogen-bond acceptors (Lipinski definition) is 4. The topological polar surface area (TPSA) is 54.5 Å². The number of Topliss-reactive ketones (excluding diaryl/α,β-unsaturated/α-hetero) is 3. The number of hydrogen-bond donors (Lipinski definition) is 0. The Morgan fingerprint density at radius 2 is 1.46 bits per heavy atom. The number of carbonyl (C=O) groups is 3. The third-order valence-electron chi connectivity index (χ3n) is 6.73. The lowest BCUT2D eigenvalue weighted by molar-refractivity contribution is -0.125. The van der Waals surface area contributed by atoms with Crippen molar-refractivity contribution in [2.45, 2.75) is 5.54 Å². The first kappa shape index (κ1) is 17.3. The average molecular weight is 371 g/mol. The number of likely N-dealkylation sites (tertiary alicyclic amines) is 1. The highest BCUT2D eigenvalue weighted by Gasteiger charge is 2.67. The van der Waals surface area contributed by atoms with Crippen molar-refractivity contribution in [2.24, 2.45) is 23.7 Å². The van der Waals surface area contributed by atoms with Crippen LogP contribution in [0.15, 0.2) is 72.9 Å². The first-order valence-electron chi connectivity index (χ1n) is 9.70. The maximum absolute atomic E-state index is 13.6. The van der Waals surface area contributed by atoms with Crippen molar-refractivity contribution in [3.05, 3.63) is 84.0 Å². The van der Waals surface area contributed by atoms with Crippen LogP contribution in [0.5, 0.6) is 0 Å². The molecule has 4 heteroatoms. The summed E-state index contributed by atoms with van der Waals surface area (Å²) in [6.07, 6.45) is 15.4. The number of ketones is 3. The number of allylic oxidation sites excluding steroid dienone is 8. The fraction of sp³-hybridized carbons (Fsp3) is 0.292. The quantitative estimate of drug-likeness (QED) is 0.767. The molecule has 4 aliphatic rings. The minimum atomic E-state index is -1.31. The van der Waals surface area contributed by atoms with E-state index in [2.05, 4.69) is 0 Å². The molecule has 1 aromatic carbocycles. The van der Waals surface area contributed by atoms with E-state index in [9.17, 15) is 14.4 Å². The van der Waals surface area contributed by atoms with Crippen LogP contribution in [0.2, 0.25) is 0 Å². The first-order chi connectivity index (χ1) is 13.6. The van der Waals surface area contributed by atoms with E-state index in [0.717, 1.165) is 0 Å². The third-order valence-corrected chi connectivity index (χ3v) is 6.73. The molecule has 0 aromatic heterocycles. The molecule has 0 unspecified atom stereocenters. The van der Waals surface area contributed by atoms with E-state index < -0.39 is 11.5 Å². The number of nitrogens with zero attached hydrogens (tertiary/aromatic N) is 1. The standard InChI is InChI=1S/C24H21NO3/c1-25-14-19(21(26)16-10-4-5-11-16)20(15-8-2-3-9-15)24(25)22(27)17-12-6-7-13-18(17)23(24)28/h2-13,15-16,19-20H,14H2,1H3/t19-,20+/m1/s1. The van der Waals surface area contributed by atoms with Gasteiger partial charge in [0.05, 0.1) is 5.92 Å². The zero-order valence-electron chi connectivity index (χ0n) is 15.6. The van der Waals surface area contributed by atoms with Gasteiger partial charge in [0.15, 0.2) is 17.1 Å². The van der Waals surface area contributed by atoms with Gasteiger partial charge >= 0.3 is 0 Å². The zero-order chi connectivity index (χ0) is 19.5. The second kappa shape index (κ2) is 6.08. The molecule has 28 heavy (non-hydrogen) atoms. The molecule has 0 bridgehead atoms. The minimum absolute atomic E-state index is 0.0870. The van der Waals surface area contributed by atoms with Crippen LogP contribution in [0.25, 0.3) is 0 Å². The van der Waals surface area contributed by atoms with E-state index in [0.29, 0.717) is 17.7 Å². The van der Waals surface area contributed by atoms with Crippen LogP contribution >= 0.6 is 0 Å². The molecular weight excluding hydrogens is 350 g/mol. The van der Waals surface area contributed by atoms with Gasteiger partial charge in [0.2, 0.25) is 0 Å². The Morgan fingerprint density at radius 3 is 2.04 bits per heavy atom. The predicted molar refractivity (Wildman–Crippen MR) is 106 cm³/mol. The molecule has 1 fully saturated rings. The van der Waals surface area contributed by atoms with Crippen molar-refractivity contribution >= 4 is 17.3 Å². The number of fused-ring (bicyclic) bond motifs is 1. The first-order valence-corrected chi connectivity index (χ1v) is 9.70. The van der Waals surface area contributed by atoms with Gasteiger partial charge in [-0.05, 0) is 7.05 Å². The highest BCUT2D eigenvalue weighted by atomic mass is 16.2. The van der Waals surface area contributed by atoms with Crippen LogP contribution in [-0.2, 0) is 4.79 Å². The Morgan fingerprint density at radius 1 is 0.929 bits per heavy atom. The summed E-state index contributed by atoms with van der Waals surface area (Å²) >= 11 is 0. The molecular formula is C24H21NO3. The molecule has 1 aromatic rings. The van der Waals surface area contributed by atoms with Crippen LogP contribution in [0, 0.1) is 23.7 Å². The van der Waals surface area contributed by atoms with E-state index in [-0.39, 0.29) is 35.1 Å². The summed E-state index contributed by atoms with van der Waals surface area (Å²) in [4.78, 5) is 42.5. The molecule has 0 radical (unpaired) electrons. The SMILES string of the molecule is CN1C[C@@H](C(=O)C2C=CC=C2)[C@H](C2C=CC=C2)C12C(=O)c1ccccc1C2=O. The van der Waals surface area contributed by atoms with Crippen molar-refractivity contribution in [1.82, 2.24) is 4.90 Å². The zero-order valence-corrected chi connectivity index (χ0v) is 15.6. The van der Waals surface area contributed by atoms with Gasteiger partial charge in [0, 0.05) is 35.4 Å². The molecule has 2 atom stereocenters. The second-order valence-corrected chi connectivity index (χ2v) is 8.03. The molecule has 140 valence electrons. The third kappa shape index (κ3) is 2.07. The highest BCUT2D eigenvalue weighted by Crippen LogP contribution is 2.52. The lowest BCUT2D eigenvalue weighted by Gasteiger charge is -2.37. The van der Waals surface area contributed by atoms with Crippen molar-refractivity contribution in [1.29, 1.82) is 0 Å². The number of carbonyl (C=O) groups excluding carboxylic acids is 3. The monoisotopic (exact) mass is 371 g/mol. The fourth-order valence-electron chi connectivity index (χ4n) is 5.51. The molecule has 1 spiro atoms. The van der Waals surface area contributed by atoms with Gasteiger partial charge in [-0.1, -0.05) is 72.9 Å². The molecule has 0 N–H and O–H groups in total. The van der Waals surface area contributed by atoms with E-state index >= 15 is 0 Å². The summed E-state index contributed by atoms with van der Waals surface area (Å²) in [6, 6.07) is 7.04. The largest absolute Gasteiger partial charge is 0.298 e. The molecule has 1 heterocycles. The van der Waals surface area contributed by atoms with Crippen LogP contribution < -0.4 is 0 Å². The summed E-state index contributed by atoms with van der Waals surface area (Å²) in [6.45, 7) is 0.408. The van der Waals surface area contributed by atoms with Crippen LogP contribution in [-0.4, -0.2) is 41.4 Å². The summed E-state index contributed by atoms with van der Waals surface area (Å²) < 4.78 is 0. The van der Waals surface area contributed by atoms with Gasteiger partial charge in [-0.15, -0.1) is 0 Å². The summed E-state index contributed by atoms with van der Waals surface area (Å²) in [5, 5.41) is 0. The summed E-state index contributed by atoms with van der Waals surface area (Å²) in [7, 11) is 1.81. The summed E-state index contributed by atoms with van der Waals surface area (Å²) in [5.41, 5.74) is -0.354. The Hall–Kier alpha value is -2.85.